The summed E-state index contributed by atoms with van der Waals surface area (Å²) in [6.45, 7) is 8.92. The van der Waals surface area contributed by atoms with Crippen LogP contribution in [0.1, 0.15) is 52.9 Å². The van der Waals surface area contributed by atoms with Gasteiger partial charge in [0.1, 0.15) is 11.1 Å². The molecule has 1 rings (SSSR count). The van der Waals surface area contributed by atoms with Crippen molar-refractivity contribution in [2.75, 3.05) is 0 Å². The Labute approximate surface area is 109 Å². The molecule has 0 aliphatic heterocycles. The van der Waals surface area contributed by atoms with E-state index in [9.17, 15) is 9.59 Å². The van der Waals surface area contributed by atoms with Crippen molar-refractivity contribution in [2.24, 2.45) is 0 Å². The van der Waals surface area contributed by atoms with E-state index in [1.54, 1.807) is 20.8 Å². The first-order valence-electron chi connectivity index (χ1n) is 6.47. The van der Waals surface area contributed by atoms with Gasteiger partial charge in [-0.25, -0.2) is 4.79 Å². The zero-order valence-electron chi connectivity index (χ0n) is 11.5. The van der Waals surface area contributed by atoms with Crippen LogP contribution >= 0.6 is 0 Å². The van der Waals surface area contributed by atoms with Gasteiger partial charge < -0.3 is 10.1 Å². The van der Waals surface area contributed by atoms with Crippen LogP contribution in [0.15, 0.2) is 12.7 Å². The second kappa shape index (κ2) is 5.55. The molecule has 4 nitrogen and oxygen atoms in total. The summed E-state index contributed by atoms with van der Waals surface area (Å²) in [6.07, 6.45) is 5.07. The fourth-order valence-corrected chi connectivity index (χ4v) is 2.28. The summed E-state index contributed by atoms with van der Waals surface area (Å²) in [5.74, 6) is -0.118. The summed E-state index contributed by atoms with van der Waals surface area (Å²) in [6, 6.07) is 0. The summed E-state index contributed by atoms with van der Waals surface area (Å²) in [7, 11) is 0. The molecule has 1 fully saturated rings. The molecule has 0 atom stereocenters. The van der Waals surface area contributed by atoms with E-state index >= 15 is 0 Å². The third-order valence-electron chi connectivity index (χ3n) is 3.10. The molecule has 1 N–H and O–H groups in total. The highest BCUT2D eigenvalue weighted by molar-refractivity contribution is 5.99. The van der Waals surface area contributed by atoms with E-state index in [4.69, 9.17) is 4.74 Å². The molecular weight excluding hydrogens is 230 g/mol. The van der Waals surface area contributed by atoms with Crippen molar-refractivity contribution in [3.8, 4) is 0 Å². The quantitative estimate of drug-likeness (QED) is 0.787. The zero-order chi connectivity index (χ0) is 13.8. The lowest BCUT2D eigenvalue weighted by atomic mass is 9.78. The number of hydrogen-bond acceptors (Lipinski definition) is 3. The molecule has 0 saturated heterocycles. The lowest BCUT2D eigenvalue weighted by molar-refractivity contribution is -0.122. The molecule has 0 heterocycles. The van der Waals surface area contributed by atoms with E-state index in [0.29, 0.717) is 12.8 Å². The van der Waals surface area contributed by atoms with Crippen LogP contribution in [-0.2, 0) is 9.53 Å². The molecule has 1 saturated carbocycles. The number of carbonyl (C=O) groups excluding carboxylic acids is 2. The number of amides is 1. The summed E-state index contributed by atoms with van der Waals surface area (Å²) >= 11 is 0. The molecule has 4 heteroatoms. The van der Waals surface area contributed by atoms with Crippen LogP contribution in [0.3, 0.4) is 0 Å². The van der Waals surface area contributed by atoms with Crippen LogP contribution < -0.4 is 5.32 Å². The molecule has 0 unspecified atom stereocenters. The maximum atomic E-state index is 12.0. The maximum Gasteiger partial charge on any atom is 0.408 e. The van der Waals surface area contributed by atoms with Gasteiger partial charge in [0.05, 0.1) is 0 Å². The van der Waals surface area contributed by atoms with E-state index in [1.807, 2.05) is 0 Å². The second-order valence-electron chi connectivity index (χ2n) is 5.84. The van der Waals surface area contributed by atoms with Crippen LogP contribution in [0.25, 0.3) is 0 Å². The van der Waals surface area contributed by atoms with Crippen molar-refractivity contribution in [3.63, 3.8) is 0 Å². The van der Waals surface area contributed by atoms with Gasteiger partial charge in [0.2, 0.25) is 0 Å². The first-order valence-corrected chi connectivity index (χ1v) is 6.47. The van der Waals surface area contributed by atoms with Crippen molar-refractivity contribution in [3.05, 3.63) is 12.7 Å². The molecule has 1 aliphatic carbocycles. The fraction of sp³-hybridized carbons (Fsp3) is 0.714. The van der Waals surface area contributed by atoms with E-state index in [0.717, 1.165) is 19.3 Å². The molecule has 0 spiro atoms. The fourth-order valence-electron chi connectivity index (χ4n) is 2.28. The normalized spacial score (nSPS) is 18.8. The molecule has 0 aromatic carbocycles. The summed E-state index contributed by atoms with van der Waals surface area (Å²) in [4.78, 5) is 23.8. The molecule has 0 radical (unpaired) electrons. The first kappa shape index (κ1) is 14.7. The van der Waals surface area contributed by atoms with Gasteiger partial charge in [-0.15, -0.1) is 0 Å². The third kappa shape index (κ3) is 3.86. The number of ketones is 1. The van der Waals surface area contributed by atoms with Crippen LogP contribution in [0.2, 0.25) is 0 Å². The number of hydrogen-bond donors (Lipinski definition) is 1. The highest BCUT2D eigenvalue weighted by Gasteiger charge is 2.40. The standard InChI is InChI=1S/C14H23NO3/c1-5-11(16)14(9-7-6-8-10-14)15-12(17)18-13(2,3)4/h5H,1,6-10H2,2-4H3,(H,15,17). The number of carbonyl (C=O) groups is 2. The maximum absolute atomic E-state index is 12.0. The molecule has 18 heavy (non-hydrogen) atoms. The van der Waals surface area contributed by atoms with Gasteiger partial charge in [0.25, 0.3) is 0 Å². The van der Waals surface area contributed by atoms with Gasteiger partial charge in [-0.05, 0) is 39.7 Å². The van der Waals surface area contributed by atoms with Gasteiger partial charge in [0.15, 0.2) is 5.78 Å². The van der Waals surface area contributed by atoms with Crippen molar-refractivity contribution in [1.29, 1.82) is 0 Å². The molecule has 1 aliphatic rings. The number of nitrogens with one attached hydrogen (secondary N) is 1. The van der Waals surface area contributed by atoms with Crippen molar-refractivity contribution in [2.45, 2.75) is 64.0 Å². The molecule has 0 bridgehead atoms. The second-order valence-corrected chi connectivity index (χ2v) is 5.84. The lowest BCUT2D eigenvalue weighted by Crippen LogP contribution is -2.56. The Balaban J connectivity index is 2.76. The SMILES string of the molecule is C=CC(=O)C1(NC(=O)OC(C)(C)C)CCCCC1. The van der Waals surface area contributed by atoms with Crippen molar-refractivity contribution in [1.82, 2.24) is 5.32 Å². The number of rotatable bonds is 3. The Bertz CT molecular complexity index is 335. The van der Waals surface area contributed by atoms with Gasteiger partial charge >= 0.3 is 6.09 Å². The van der Waals surface area contributed by atoms with Gasteiger partial charge in [-0.1, -0.05) is 25.8 Å². The minimum atomic E-state index is -0.803. The van der Waals surface area contributed by atoms with Crippen LogP contribution in [0.5, 0.6) is 0 Å². The van der Waals surface area contributed by atoms with Gasteiger partial charge in [-0.3, -0.25) is 4.79 Å². The summed E-state index contributed by atoms with van der Waals surface area (Å²) in [5, 5.41) is 2.76. The smallest absolute Gasteiger partial charge is 0.408 e. The average Bonchev–Trinajstić information content (AvgIpc) is 2.26. The molecular formula is C14H23NO3. The van der Waals surface area contributed by atoms with E-state index in [-0.39, 0.29) is 5.78 Å². The highest BCUT2D eigenvalue weighted by Crippen LogP contribution is 2.29. The number of ether oxygens (including phenoxy) is 1. The van der Waals surface area contributed by atoms with E-state index in [1.165, 1.54) is 6.08 Å². The van der Waals surface area contributed by atoms with E-state index < -0.39 is 17.2 Å². The highest BCUT2D eigenvalue weighted by atomic mass is 16.6. The zero-order valence-corrected chi connectivity index (χ0v) is 11.5. The lowest BCUT2D eigenvalue weighted by Gasteiger charge is -2.36. The van der Waals surface area contributed by atoms with Crippen molar-refractivity contribution < 1.29 is 14.3 Å². The summed E-state index contributed by atoms with van der Waals surface area (Å²) < 4.78 is 5.22. The number of alkyl carbamates (subject to hydrolysis) is 1. The van der Waals surface area contributed by atoms with E-state index in [2.05, 4.69) is 11.9 Å². The van der Waals surface area contributed by atoms with Crippen LogP contribution in [0.4, 0.5) is 4.79 Å². The largest absolute Gasteiger partial charge is 0.444 e. The molecule has 102 valence electrons. The Kier molecular flexibility index (Phi) is 4.54. The molecule has 0 aromatic rings. The van der Waals surface area contributed by atoms with Crippen LogP contribution in [-0.4, -0.2) is 23.0 Å². The molecule has 0 aromatic heterocycles. The minimum absolute atomic E-state index is 0.118. The predicted octanol–water partition coefficient (Wildman–Crippen LogP) is 2.97. The average molecular weight is 253 g/mol. The summed E-state index contributed by atoms with van der Waals surface area (Å²) in [5.41, 5.74) is -1.36. The Morgan fingerprint density at radius 3 is 2.22 bits per heavy atom. The van der Waals surface area contributed by atoms with Crippen molar-refractivity contribution >= 4 is 11.9 Å². The minimum Gasteiger partial charge on any atom is -0.444 e. The van der Waals surface area contributed by atoms with Gasteiger partial charge in [0, 0.05) is 0 Å². The Hall–Kier alpha value is -1.32. The Morgan fingerprint density at radius 2 is 1.78 bits per heavy atom. The Morgan fingerprint density at radius 1 is 1.22 bits per heavy atom. The predicted molar refractivity (Wildman–Crippen MR) is 70.4 cm³/mol. The third-order valence-corrected chi connectivity index (χ3v) is 3.10. The van der Waals surface area contributed by atoms with Crippen LogP contribution in [0, 0.1) is 0 Å². The first-order chi connectivity index (χ1) is 8.29. The monoisotopic (exact) mass is 253 g/mol. The van der Waals surface area contributed by atoms with Gasteiger partial charge in [-0.2, -0.15) is 0 Å². The molecule has 1 amide bonds. The topological polar surface area (TPSA) is 55.4 Å².